The Bertz CT molecular complexity index is 853. The van der Waals surface area contributed by atoms with Gasteiger partial charge in [0.25, 0.3) is 0 Å². The minimum atomic E-state index is 0.0255. The van der Waals surface area contributed by atoms with Crippen molar-refractivity contribution in [3.63, 3.8) is 0 Å². The maximum absolute atomic E-state index is 12.2. The Hall–Kier alpha value is -2.56. The lowest BCUT2D eigenvalue weighted by Gasteiger charge is -2.05. The average Bonchev–Trinajstić information content (AvgIpc) is 3.13. The minimum absolute atomic E-state index is 0.0255. The first-order valence-corrected chi connectivity index (χ1v) is 9.16. The topological polar surface area (TPSA) is 62.7 Å². The summed E-state index contributed by atoms with van der Waals surface area (Å²) in [6, 6.07) is 8.25. The summed E-state index contributed by atoms with van der Waals surface area (Å²) in [5.41, 5.74) is 4.89. The predicted molar refractivity (Wildman–Crippen MR) is 98.5 cm³/mol. The smallest absolute Gasteiger partial charge is 0.241 e. The number of hydrogen-bond donors (Lipinski definition) is 2. The standard InChI is InChI=1S/C20H24N4O/c25-20(14-24-13-16-6-2-1-3-8-18(16)23-24)21-11-10-15-12-22-19-9-5-4-7-17(15)19/h4-5,7,9,12-13,22H,1-3,6,8,10-11,14H2,(H,21,25). The van der Waals surface area contributed by atoms with Crippen molar-refractivity contribution in [3.8, 4) is 0 Å². The van der Waals surface area contributed by atoms with Gasteiger partial charge in [-0.1, -0.05) is 24.6 Å². The van der Waals surface area contributed by atoms with Gasteiger partial charge in [-0.2, -0.15) is 5.10 Å². The van der Waals surface area contributed by atoms with Crippen LogP contribution in [0.15, 0.2) is 36.7 Å². The maximum Gasteiger partial charge on any atom is 0.241 e. The molecule has 0 bridgehead atoms. The second kappa shape index (κ2) is 7.13. The van der Waals surface area contributed by atoms with Gasteiger partial charge in [0.1, 0.15) is 6.54 Å². The largest absolute Gasteiger partial charge is 0.361 e. The molecule has 1 amide bonds. The molecule has 0 radical (unpaired) electrons. The van der Waals surface area contributed by atoms with Crippen LogP contribution in [0.1, 0.15) is 36.1 Å². The molecule has 0 spiro atoms. The lowest BCUT2D eigenvalue weighted by Crippen LogP contribution is -2.29. The highest BCUT2D eigenvalue weighted by Gasteiger charge is 2.13. The number of benzene rings is 1. The van der Waals surface area contributed by atoms with Crippen LogP contribution in [0.5, 0.6) is 0 Å². The van der Waals surface area contributed by atoms with Crippen LogP contribution in [0.25, 0.3) is 10.9 Å². The fourth-order valence-electron chi connectivity index (χ4n) is 3.67. The number of aromatic amines is 1. The monoisotopic (exact) mass is 336 g/mol. The van der Waals surface area contributed by atoms with Crippen molar-refractivity contribution in [2.75, 3.05) is 6.54 Å². The van der Waals surface area contributed by atoms with Gasteiger partial charge in [0, 0.05) is 29.8 Å². The first-order chi connectivity index (χ1) is 12.3. The number of H-pyrrole nitrogens is 1. The van der Waals surface area contributed by atoms with Crippen LogP contribution >= 0.6 is 0 Å². The molecule has 2 N–H and O–H groups in total. The maximum atomic E-state index is 12.2. The van der Waals surface area contributed by atoms with Gasteiger partial charge in [0.05, 0.1) is 5.69 Å². The number of nitrogens with zero attached hydrogens (tertiary/aromatic N) is 2. The Labute approximate surface area is 147 Å². The highest BCUT2D eigenvalue weighted by molar-refractivity contribution is 5.83. The molecule has 25 heavy (non-hydrogen) atoms. The number of hydrogen-bond acceptors (Lipinski definition) is 2. The van der Waals surface area contributed by atoms with Crippen LogP contribution in [0.2, 0.25) is 0 Å². The van der Waals surface area contributed by atoms with Gasteiger partial charge >= 0.3 is 0 Å². The van der Waals surface area contributed by atoms with Gasteiger partial charge in [-0.05, 0) is 49.3 Å². The number of amides is 1. The Balaban J connectivity index is 1.31. The van der Waals surface area contributed by atoms with Crippen LogP contribution in [0.3, 0.4) is 0 Å². The second-order valence-electron chi connectivity index (χ2n) is 6.82. The van der Waals surface area contributed by atoms with Crippen molar-refractivity contribution in [1.29, 1.82) is 0 Å². The molecular formula is C20H24N4O. The average molecular weight is 336 g/mol. The highest BCUT2D eigenvalue weighted by atomic mass is 16.2. The van der Waals surface area contributed by atoms with E-state index in [-0.39, 0.29) is 5.91 Å². The van der Waals surface area contributed by atoms with E-state index in [1.165, 1.54) is 41.5 Å². The van der Waals surface area contributed by atoms with E-state index in [9.17, 15) is 4.79 Å². The highest BCUT2D eigenvalue weighted by Crippen LogP contribution is 2.19. The van der Waals surface area contributed by atoms with Crippen molar-refractivity contribution in [3.05, 3.63) is 53.5 Å². The summed E-state index contributed by atoms with van der Waals surface area (Å²) in [4.78, 5) is 15.5. The van der Waals surface area contributed by atoms with E-state index in [0.29, 0.717) is 13.1 Å². The lowest BCUT2D eigenvalue weighted by atomic mass is 10.1. The predicted octanol–water partition coefficient (Wildman–Crippen LogP) is 2.99. The van der Waals surface area contributed by atoms with Crippen LogP contribution in [-0.4, -0.2) is 27.2 Å². The zero-order valence-corrected chi connectivity index (χ0v) is 14.4. The fourth-order valence-corrected chi connectivity index (χ4v) is 3.67. The van der Waals surface area contributed by atoms with Crippen LogP contribution in [0, 0.1) is 0 Å². The van der Waals surface area contributed by atoms with E-state index in [0.717, 1.165) is 24.8 Å². The number of nitrogens with one attached hydrogen (secondary N) is 2. The number of fused-ring (bicyclic) bond motifs is 2. The third-order valence-corrected chi connectivity index (χ3v) is 4.98. The molecule has 3 aromatic rings. The third-order valence-electron chi connectivity index (χ3n) is 4.98. The molecule has 5 heteroatoms. The summed E-state index contributed by atoms with van der Waals surface area (Å²) in [6.45, 7) is 0.947. The first-order valence-electron chi connectivity index (χ1n) is 9.16. The molecule has 0 fully saturated rings. The number of aromatic nitrogens is 3. The van der Waals surface area contributed by atoms with Gasteiger partial charge in [0.2, 0.25) is 5.91 Å². The minimum Gasteiger partial charge on any atom is -0.361 e. The molecule has 0 unspecified atom stereocenters. The molecule has 130 valence electrons. The SMILES string of the molecule is O=C(Cn1cc2c(n1)CCCCC2)NCCc1c[nH]c2ccccc12. The molecule has 1 aliphatic carbocycles. The van der Waals surface area contributed by atoms with E-state index in [1.54, 1.807) is 4.68 Å². The number of carbonyl (C=O) groups excluding carboxylic acids is 1. The molecule has 0 aliphatic heterocycles. The molecule has 1 aliphatic rings. The summed E-state index contributed by atoms with van der Waals surface area (Å²) in [5, 5.41) is 8.84. The molecule has 0 saturated heterocycles. The molecule has 1 aromatic carbocycles. The Kier molecular flexibility index (Phi) is 4.55. The number of para-hydroxylation sites is 1. The quantitative estimate of drug-likeness (QED) is 0.704. The Morgan fingerprint density at radius 2 is 2.08 bits per heavy atom. The van der Waals surface area contributed by atoms with E-state index >= 15 is 0 Å². The van der Waals surface area contributed by atoms with Crippen molar-refractivity contribution >= 4 is 16.8 Å². The number of carbonyl (C=O) groups is 1. The summed E-state index contributed by atoms with van der Waals surface area (Å²) in [6.07, 6.45) is 10.8. The summed E-state index contributed by atoms with van der Waals surface area (Å²) >= 11 is 0. The molecule has 5 nitrogen and oxygen atoms in total. The van der Waals surface area contributed by atoms with Crippen molar-refractivity contribution in [2.24, 2.45) is 0 Å². The molecule has 2 heterocycles. The van der Waals surface area contributed by atoms with E-state index < -0.39 is 0 Å². The molecule has 0 atom stereocenters. The molecule has 0 saturated carbocycles. The van der Waals surface area contributed by atoms with Gasteiger partial charge in [0.15, 0.2) is 0 Å². The fraction of sp³-hybridized carbons (Fsp3) is 0.400. The number of rotatable bonds is 5. The van der Waals surface area contributed by atoms with Crippen molar-refractivity contribution < 1.29 is 4.79 Å². The number of aryl methyl sites for hydroxylation is 2. The van der Waals surface area contributed by atoms with Crippen LogP contribution < -0.4 is 5.32 Å². The first kappa shape index (κ1) is 15.9. The summed E-state index contributed by atoms with van der Waals surface area (Å²) in [5.74, 6) is 0.0255. The van der Waals surface area contributed by atoms with E-state index in [4.69, 9.17) is 0 Å². The van der Waals surface area contributed by atoms with Gasteiger partial charge < -0.3 is 10.3 Å². The van der Waals surface area contributed by atoms with Crippen molar-refractivity contribution in [2.45, 2.75) is 45.1 Å². The van der Waals surface area contributed by atoms with Gasteiger partial charge in [-0.25, -0.2) is 0 Å². The zero-order valence-electron chi connectivity index (χ0n) is 14.4. The molecule has 4 rings (SSSR count). The zero-order chi connectivity index (χ0) is 17.1. The second-order valence-corrected chi connectivity index (χ2v) is 6.82. The molecular weight excluding hydrogens is 312 g/mol. The van der Waals surface area contributed by atoms with Crippen LogP contribution in [0.4, 0.5) is 0 Å². The van der Waals surface area contributed by atoms with Crippen LogP contribution in [-0.2, 0) is 30.6 Å². The summed E-state index contributed by atoms with van der Waals surface area (Å²) < 4.78 is 1.80. The molecule has 2 aromatic heterocycles. The lowest BCUT2D eigenvalue weighted by molar-refractivity contribution is -0.121. The Morgan fingerprint density at radius 1 is 1.20 bits per heavy atom. The normalized spacial score (nSPS) is 14.2. The van der Waals surface area contributed by atoms with Gasteiger partial charge in [-0.15, -0.1) is 0 Å². The van der Waals surface area contributed by atoms with Crippen molar-refractivity contribution in [1.82, 2.24) is 20.1 Å². The van der Waals surface area contributed by atoms with E-state index in [1.807, 2.05) is 18.3 Å². The third kappa shape index (κ3) is 3.60. The van der Waals surface area contributed by atoms with Gasteiger partial charge in [-0.3, -0.25) is 9.48 Å². The summed E-state index contributed by atoms with van der Waals surface area (Å²) in [7, 11) is 0. The Morgan fingerprint density at radius 3 is 3.04 bits per heavy atom. The van der Waals surface area contributed by atoms with E-state index in [2.05, 4.69) is 33.7 Å².